The van der Waals surface area contributed by atoms with E-state index in [2.05, 4.69) is 16.4 Å². The second kappa shape index (κ2) is 11.8. The number of nitrogens with zero attached hydrogens (tertiary/aromatic N) is 2. The normalized spacial score (nSPS) is 23.6. The second-order valence-corrected chi connectivity index (χ2v) is 10.9. The molecule has 5 rings (SSSR count). The van der Waals surface area contributed by atoms with Crippen LogP contribution in [0.2, 0.25) is 0 Å². The first-order chi connectivity index (χ1) is 18.0. The maximum atomic E-state index is 12.5. The molecule has 0 spiro atoms. The number of fused-ring (bicyclic) bond motifs is 1. The lowest BCUT2D eigenvalue weighted by Crippen LogP contribution is -2.49. The number of aromatic nitrogens is 1. The van der Waals surface area contributed by atoms with Crippen LogP contribution < -0.4 is 10.1 Å². The molecular formula is C30H41N3O4. The quantitative estimate of drug-likeness (QED) is 0.343. The van der Waals surface area contributed by atoms with Crippen molar-refractivity contribution in [1.29, 1.82) is 0 Å². The minimum atomic E-state index is -0.795. The van der Waals surface area contributed by atoms with Crippen molar-refractivity contribution in [3.63, 3.8) is 0 Å². The molecule has 1 aromatic carbocycles. The Bertz CT molecular complexity index is 1070. The van der Waals surface area contributed by atoms with E-state index in [1.807, 2.05) is 49.3 Å². The predicted octanol–water partition coefficient (Wildman–Crippen LogP) is 5.56. The van der Waals surface area contributed by atoms with Gasteiger partial charge in [-0.05, 0) is 101 Å². The summed E-state index contributed by atoms with van der Waals surface area (Å²) in [5, 5.41) is 13.8. The third-order valence-electron chi connectivity index (χ3n) is 8.26. The van der Waals surface area contributed by atoms with Gasteiger partial charge in [-0.3, -0.25) is 9.69 Å². The number of hydrogen-bond acceptors (Lipinski definition) is 6. The van der Waals surface area contributed by atoms with Crippen molar-refractivity contribution in [3.8, 4) is 5.75 Å². The molecule has 2 fully saturated rings. The monoisotopic (exact) mass is 507 g/mol. The van der Waals surface area contributed by atoms with Gasteiger partial charge in [0.15, 0.2) is 0 Å². The summed E-state index contributed by atoms with van der Waals surface area (Å²) in [6.07, 6.45) is 11.7. The van der Waals surface area contributed by atoms with E-state index < -0.39 is 12.0 Å². The standard InChI is InChI=1S/C30H41N3O4/c1-3-36-26-11-6-10-25(27(26)20-12-13-20)28(30(34)35)33(2)23-18-24(19-23)37-17-5-4-9-22-15-14-21-8-7-16-31-29(21)32-22/h6-8,10-11,16,20,22-24,28H,3-5,9,12-15,17-19H2,1-2H3,(H,31,32)(H,34,35)/t22-,23?,24?,28+/m0/s1. The molecule has 37 heavy (non-hydrogen) atoms. The number of carboxylic acid groups (broad SMARTS) is 1. The van der Waals surface area contributed by atoms with Crippen LogP contribution in [0, 0.1) is 0 Å². The number of benzene rings is 1. The number of likely N-dealkylation sites (N-methyl/N-ethyl adjacent to an activating group) is 1. The van der Waals surface area contributed by atoms with Crippen molar-refractivity contribution in [2.45, 2.75) is 94.9 Å². The second-order valence-electron chi connectivity index (χ2n) is 10.9. The summed E-state index contributed by atoms with van der Waals surface area (Å²) in [6, 6.07) is 10.1. The fourth-order valence-corrected chi connectivity index (χ4v) is 5.96. The molecule has 0 bridgehead atoms. The highest BCUT2D eigenvalue weighted by Crippen LogP contribution is 2.48. The van der Waals surface area contributed by atoms with Crippen molar-refractivity contribution in [1.82, 2.24) is 9.88 Å². The summed E-state index contributed by atoms with van der Waals surface area (Å²) >= 11 is 0. The van der Waals surface area contributed by atoms with Gasteiger partial charge in [-0.25, -0.2) is 4.98 Å². The summed E-state index contributed by atoms with van der Waals surface area (Å²) in [5.41, 5.74) is 3.31. The maximum absolute atomic E-state index is 12.5. The Balaban J connectivity index is 1.07. The molecule has 2 heterocycles. The van der Waals surface area contributed by atoms with Gasteiger partial charge in [-0.1, -0.05) is 18.2 Å². The SMILES string of the molecule is CCOc1cccc([C@H](C(=O)O)N(C)C2CC(OCCCC[C@H]3CCc4cccnc4N3)C2)c1C1CC1. The molecule has 200 valence electrons. The van der Waals surface area contributed by atoms with Crippen LogP contribution in [0.3, 0.4) is 0 Å². The average molecular weight is 508 g/mol. The summed E-state index contributed by atoms with van der Waals surface area (Å²) in [7, 11) is 1.95. The average Bonchev–Trinajstić information content (AvgIpc) is 3.70. The molecule has 0 radical (unpaired) electrons. The van der Waals surface area contributed by atoms with Crippen LogP contribution in [-0.4, -0.2) is 59.4 Å². The van der Waals surface area contributed by atoms with Crippen molar-refractivity contribution in [2.75, 3.05) is 25.6 Å². The third-order valence-corrected chi connectivity index (χ3v) is 8.26. The fraction of sp³-hybridized carbons (Fsp3) is 0.600. The van der Waals surface area contributed by atoms with Gasteiger partial charge in [-0.2, -0.15) is 0 Å². The maximum Gasteiger partial charge on any atom is 0.325 e. The zero-order chi connectivity index (χ0) is 25.8. The Hall–Kier alpha value is -2.64. The van der Waals surface area contributed by atoms with E-state index in [9.17, 15) is 9.90 Å². The highest BCUT2D eigenvalue weighted by atomic mass is 16.5. The molecule has 2 aliphatic carbocycles. The zero-order valence-electron chi connectivity index (χ0n) is 22.2. The number of carboxylic acids is 1. The molecule has 0 amide bonds. The molecule has 7 nitrogen and oxygen atoms in total. The fourth-order valence-electron chi connectivity index (χ4n) is 5.96. The Morgan fingerprint density at radius 1 is 1.19 bits per heavy atom. The number of pyridine rings is 1. The number of aryl methyl sites for hydroxylation is 1. The molecule has 2 N–H and O–H groups in total. The molecule has 0 saturated heterocycles. The first-order valence-electron chi connectivity index (χ1n) is 14.1. The minimum absolute atomic E-state index is 0.216. The van der Waals surface area contributed by atoms with Gasteiger partial charge in [0.1, 0.15) is 17.6 Å². The van der Waals surface area contributed by atoms with Crippen molar-refractivity contribution >= 4 is 11.8 Å². The Labute approximate surface area is 220 Å². The molecule has 2 saturated carbocycles. The van der Waals surface area contributed by atoms with Crippen molar-refractivity contribution in [2.24, 2.45) is 0 Å². The van der Waals surface area contributed by atoms with Crippen LogP contribution in [0.15, 0.2) is 36.5 Å². The lowest BCUT2D eigenvalue weighted by molar-refractivity contribution is -0.146. The van der Waals surface area contributed by atoms with E-state index in [-0.39, 0.29) is 12.1 Å². The molecule has 1 aromatic heterocycles. The highest BCUT2D eigenvalue weighted by Gasteiger charge is 2.41. The van der Waals surface area contributed by atoms with Crippen LogP contribution in [0.25, 0.3) is 0 Å². The van der Waals surface area contributed by atoms with Gasteiger partial charge in [0.2, 0.25) is 0 Å². The Kier molecular flexibility index (Phi) is 8.30. The van der Waals surface area contributed by atoms with E-state index in [0.29, 0.717) is 18.6 Å². The van der Waals surface area contributed by atoms with Gasteiger partial charge >= 0.3 is 5.97 Å². The Morgan fingerprint density at radius 2 is 2.03 bits per heavy atom. The molecular weight excluding hydrogens is 466 g/mol. The molecule has 0 unspecified atom stereocenters. The molecule has 2 atom stereocenters. The summed E-state index contributed by atoms with van der Waals surface area (Å²) in [6.45, 7) is 3.33. The van der Waals surface area contributed by atoms with Gasteiger partial charge in [-0.15, -0.1) is 0 Å². The first-order valence-corrected chi connectivity index (χ1v) is 14.1. The number of hydrogen-bond donors (Lipinski definition) is 2. The largest absolute Gasteiger partial charge is 0.494 e. The molecule has 2 aromatic rings. The van der Waals surface area contributed by atoms with Gasteiger partial charge in [0.25, 0.3) is 0 Å². The smallest absolute Gasteiger partial charge is 0.325 e. The molecule has 1 aliphatic heterocycles. The van der Waals surface area contributed by atoms with Crippen molar-refractivity contribution in [3.05, 3.63) is 53.2 Å². The number of nitrogens with one attached hydrogen (secondary N) is 1. The van der Waals surface area contributed by atoms with Gasteiger partial charge < -0.3 is 19.9 Å². The zero-order valence-corrected chi connectivity index (χ0v) is 22.2. The van der Waals surface area contributed by atoms with E-state index in [1.165, 1.54) is 5.56 Å². The summed E-state index contributed by atoms with van der Waals surface area (Å²) in [5.74, 6) is 1.52. The van der Waals surface area contributed by atoms with Crippen molar-refractivity contribution < 1.29 is 19.4 Å². The molecule has 7 heteroatoms. The number of anilines is 1. The minimum Gasteiger partial charge on any atom is -0.494 e. The number of carbonyl (C=O) groups is 1. The van der Waals surface area contributed by atoms with E-state index >= 15 is 0 Å². The third kappa shape index (κ3) is 6.10. The van der Waals surface area contributed by atoms with Crippen LogP contribution in [0.5, 0.6) is 5.75 Å². The highest BCUT2D eigenvalue weighted by molar-refractivity contribution is 5.77. The summed E-state index contributed by atoms with van der Waals surface area (Å²) < 4.78 is 12.0. The lowest BCUT2D eigenvalue weighted by Gasteiger charge is -2.43. The number of aliphatic carboxylic acids is 1. The number of unbranched alkanes of at least 4 members (excludes halogenated alkanes) is 1. The Morgan fingerprint density at radius 3 is 2.78 bits per heavy atom. The van der Waals surface area contributed by atoms with Crippen LogP contribution in [-0.2, 0) is 16.0 Å². The van der Waals surface area contributed by atoms with E-state index in [1.54, 1.807) is 0 Å². The van der Waals surface area contributed by atoms with E-state index in [0.717, 1.165) is 87.1 Å². The van der Waals surface area contributed by atoms with Gasteiger partial charge in [0, 0.05) is 30.5 Å². The van der Waals surface area contributed by atoms with Gasteiger partial charge in [0.05, 0.1) is 12.7 Å². The van der Waals surface area contributed by atoms with Crippen LogP contribution in [0.1, 0.15) is 86.9 Å². The number of ether oxygens (including phenoxy) is 2. The predicted molar refractivity (Wildman–Crippen MR) is 144 cm³/mol. The van der Waals surface area contributed by atoms with Crippen LogP contribution in [0.4, 0.5) is 5.82 Å². The first kappa shape index (κ1) is 26.0. The topological polar surface area (TPSA) is 83.9 Å². The van der Waals surface area contributed by atoms with E-state index in [4.69, 9.17) is 9.47 Å². The summed E-state index contributed by atoms with van der Waals surface area (Å²) in [4.78, 5) is 19.0. The number of rotatable bonds is 13. The lowest BCUT2D eigenvalue weighted by atomic mass is 9.85. The van der Waals surface area contributed by atoms with Crippen LogP contribution >= 0.6 is 0 Å². The molecule has 3 aliphatic rings.